The van der Waals surface area contributed by atoms with Gasteiger partial charge in [0.15, 0.2) is 0 Å². The molecule has 1 unspecified atom stereocenters. The van der Waals surface area contributed by atoms with Crippen LogP contribution in [0.3, 0.4) is 0 Å². The quantitative estimate of drug-likeness (QED) is 0.728. The minimum atomic E-state index is -0.510. The number of nitrogens with zero attached hydrogens (tertiary/aromatic N) is 1. The molecule has 1 aromatic heterocycles. The third-order valence-electron chi connectivity index (χ3n) is 5.15. The molecule has 0 saturated heterocycles. The number of benzene rings is 1. The lowest BCUT2D eigenvalue weighted by Crippen LogP contribution is -2.50. The molecule has 0 aliphatic carbocycles. The number of amides is 1. The fraction of sp³-hybridized carbons (Fsp3) is 0.476. The van der Waals surface area contributed by atoms with E-state index in [0.717, 1.165) is 19.5 Å². The third-order valence-corrected chi connectivity index (χ3v) is 6.17. The van der Waals surface area contributed by atoms with Gasteiger partial charge in [0.25, 0.3) is 0 Å². The molecule has 0 fully saturated rings. The van der Waals surface area contributed by atoms with Gasteiger partial charge in [-0.15, -0.1) is 36.2 Å². The molecule has 7 heteroatoms. The van der Waals surface area contributed by atoms with E-state index in [1.54, 1.807) is 0 Å². The first-order chi connectivity index (χ1) is 12.4. The summed E-state index contributed by atoms with van der Waals surface area (Å²) in [6.07, 6.45) is 1.08. The van der Waals surface area contributed by atoms with Crippen molar-refractivity contribution in [3.05, 3.63) is 57.8 Å². The Hall–Kier alpha value is -1.11. The average Bonchev–Trinajstić information content (AvgIpc) is 3.09. The lowest BCUT2D eigenvalue weighted by Gasteiger charge is -2.35. The van der Waals surface area contributed by atoms with Crippen molar-refractivity contribution < 1.29 is 4.79 Å². The van der Waals surface area contributed by atoms with Crippen LogP contribution in [0.25, 0.3) is 0 Å². The summed E-state index contributed by atoms with van der Waals surface area (Å²) in [5.41, 5.74) is 8.52. The highest BCUT2D eigenvalue weighted by Crippen LogP contribution is 2.30. The van der Waals surface area contributed by atoms with Crippen LogP contribution in [0.1, 0.15) is 42.8 Å². The second kappa shape index (κ2) is 10.6. The van der Waals surface area contributed by atoms with Crippen LogP contribution in [0, 0.1) is 5.41 Å². The molecule has 2 aromatic rings. The van der Waals surface area contributed by atoms with Crippen LogP contribution in [0.5, 0.6) is 0 Å². The Bertz CT molecular complexity index is 746. The molecule has 3 rings (SSSR count). The molecular weight excluding hydrogens is 413 g/mol. The first kappa shape index (κ1) is 24.9. The number of fused-ring (bicyclic) bond motifs is 1. The van der Waals surface area contributed by atoms with Crippen LogP contribution in [0.2, 0.25) is 0 Å². The van der Waals surface area contributed by atoms with Gasteiger partial charge < -0.3 is 11.1 Å². The molecule has 3 N–H and O–H groups in total. The Labute approximate surface area is 184 Å². The molecule has 1 aliphatic heterocycles. The van der Waals surface area contributed by atoms with Crippen molar-refractivity contribution in [1.29, 1.82) is 0 Å². The fourth-order valence-corrected chi connectivity index (χ4v) is 4.26. The lowest BCUT2D eigenvalue weighted by molar-refractivity contribution is -0.124. The van der Waals surface area contributed by atoms with Crippen molar-refractivity contribution in [2.45, 2.75) is 45.8 Å². The molecule has 1 aliphatic rings. The van der Waals surface area contributed by atoms with E-state index in [1.165, 1.54) is 16.0 Å². The Morgan fingerprint density at radius 2 is 1.89 bits per heavy atom. The highest BCUT2D eigenvalue weighted by molar-refractivity contribution is 7.10. The largest absolute Gasteiger partial charge is 0.353 e. The Balaban J connectivity index is 0.00000196. The lowest BCUT2D eigenvalue weighted by atomic mass is 9.87. The zero-order valence-corrected chi connectivity index (χ0v) is 19.1. The van der Waals surface area contributed by atoms with Crippen molar-refractivity contribution >= 4 is 42.1 Å². The molecule has 156 valence electrons. The van der Waals surface area contributed by atoms with Gasteiger partial charge in [0, 0.05) is 24.5 Å². The summed E-state index contributed by atoms with van der Waals surface area (Å²) in [4.78, 5) is 16.5. The Kier molecular flexibility index (Phi) is 9.44. The summed E-state index contributed by atoms with van der Waals surface area (Å²) in [5, 5.41) is 5.28. The standard InChI is InChI=1S/C21H29N3OS.2ClH/c1-21(2,3)19(22)20(25)23-13-17(15-7-5-4-6-8-15)24-11-9-18-16(14-24)10-12-26-18;;/h4-8,10,12,17,19H,9,11,13-14,22H2,1-3H3,(H,23,25);2*1H/t17?,19-;;/m1../s1. The van der Waals surface area contributed by atoms with Gasteiger partial charge in [-0.1, -0.05) is 51.1 Å². The summed E-state index contributed by atoms with van der Waals surface area (Å²) in [5.74, 6) is -0.0772. The van der Waals surface area contributed by atoms with E-state index in [1.807, 2.05) is 38.2 Å². The summed E-state index contributed by atoms with van der Waals surface area (Å²) < 4.78 is 0. The second-order valence-corrected chi connectivity index (χ2v) is 9.11. The van der Waals surface area contributed by atoms with Crippen LogP contribution < -0.4 is 11.1 Å². The zero-order chi connectivity index (χ0) is 18.7. The molecule has 2 atom stereocenters. The van der Waals surface area contributed by atoms with E-state index in [0.29, 0.717) is 6.54 Å². The summed E-state index contributed by atoms with van der Waals surface area (Å²) >= 11 is 1.85. The maximum absolute atomic E-state index is 12.5. The minimum absolute atomic E-state index is 0. The predicted octanol–water partition coefficient (Wildman–Crippen LogP) is 4.18. The molecular formula is C21H31Cl2N3OS. The number of thiophene rings is 1. The number of carbonyl (C=O) groups excluding carboxylic acids is 1. The van der Waals surface area contributed by atoms with Gasteiger partial charge in [0.1, 0.15) is 0 Å². The fourth-order valence-electron chi connectivity index (χ4n) is 3.37. The van der Waals surface area contributed by atoms with Gasteiger partial charge >= 0.3 is 0 Å². The van der Waals surface area contributed by atoms with Crippen LogP contribution in [0.15, 0.2) is 41.8 Å². The molecule has 1 amide bonds. The number of halogens is 2. The van der Waals surface area contributed by atoms with Crippen molar-refractivity contribution in [3.8, 4) is 0 Å². The van der Waals surface area contributed by atoms with Crippen LogP contribution in [-0.4, -0.2) is 29.9 Å². The Morgan fingerprint density at radius 3 is 2.54 bits per heavy atom. The number of hydrogen-bond acceptors (Lipinski definition) is 4. The number of nitrogens with one attached hydrogen (secondary N) is 1. The normalized spacial score (nSPS) is 16.1. The summed E-state index contributed by atoms with van der Waals surface area (Å²) in [6.45, 7) is 8.50. The van der Waals surface area contributed by atoms with E-state index in [2.05, 4.69) is 45.9 Å². The number of rotatable bonds is 5. The van der Waals surface area contributed by atoms with Crippen molar-refractivity contribution in [2.24, 2.45) is 11.1 Å². The summed E-state index contributed by atoms with van der Waals surface area (Å²) in [7, 11) is 0. The van der Waals surface area contributed by atoms with Gasteiger partial charge in [-0.25, -0.2) is 0 Å². The highest BCUT2D eigenvalue weighted by Gasteiger charge is 2.30. The predicted molar refractivity (Wildman–Crippen MR) is 123 cm³/mol. The SMILES string of the molecule is CC(C)(C)[C@H](N)C(=O)NCC(c1ccccc1)N1CCc2sccc2C1.Cl.Cl. The average molecular weight is 444 g/mol. The molecule has 4 nitrogen and oxygen atoms in total. The monoisotopic (exact) mass is 443 g/mol. The van der Waals surface area contributed by atoms with E-state index < -0.39 is 6.04 Å². The van der Waals surface area contributed by atoms with Crippen molar-refractivity contribution in [3.63, 3.8) is 0 Å². The van der Waals surface area contributed by atoms with E-state index >= 15 is 0 Å². The zero-order valence-electron chi connectivity index (χ0n) is 16.7. The molecule has 0 radical (unpaired) electrons. The van der Waals surface area contributed by atoms with Gasteiger partial charge in [0.2, 0.25) is 5.91 Å². The van der Waals surface area contributed by atoms with E-state index in [9.17, 15) is 4.79 Å². The van der Waals surface area contributed by atoms with Gasteiger partial charge in [-0.3, -0.25) is 9.69 Å². The minimum Gasteiger partial charge on any atom is -0.353 e. The second-order valence-electron chi connectivity index (χ2n) is 8.10. The number of carbonyl (C=O) groups is 1. The molecule has 1 aromatic carbocycles. The van der Waals surface area contributed by atoms with E-state index in [-0.39, 0.29) is 42.2 Å². The summed E-state index contributed by atoms with van der Waals surface area (Å²) in [6, 6.07) is 12.3. The molecule has 0 saturated carbocycles. The maximum Gasteiger partial charge on any atom is 0.237 e. The molecule has 0 bridgehead atoms. The highest BCUT2D eigenvalue weighted by atomic mass is 35.5. The van der Waals surface area contributed by atoms with Crippen LogP contribution >= 0.6 is 36.2 Å². The molecule has 0 spiro atoms. The maximum atomic E-state index is 12.5. The topological polar surface area (TPSA) is 58.4 Å². The van der Waals surface area contributed by atoms with Gasteiger partial charge in [0.05, 0.1) is 12.1 Å². The van der Waals surface area contributed by atoms with Crippen LogP contribution in [-0.2, 0) is 17.8 Å². The van der Waals surface area contributed by atoms with Crippen molar-refractivity contribution in [2.75, 3.05) is 13.1 Å². The van der Waals surface area contributed by atoms with Gasteiger partial charge in [-0.05, 0) is 34.4 Å². The number of hydrogen-bond donors (Lipinski definition) is 2. The number of nitrogens with two attached hydrogens (primary N) is 1. The third kappa shape index (κ3) is 5.94. The first-order valence-corrected chi connectivity index (χ1v) is 10.1. The smallest absolute Gasteiger partial charge is 0.237 e. The molecule has 2 heterocycles. The Morgan fingerprint density at radius 1 is 1.21 bits per heavy atom. The van der Waals surface area contributed by atoms with Crippen molar-refractivity contribution in [1.82, 2.24) is 10.2 Å². The molecule has 28 heavy (non-hydrogen) atoms. The van der Waals surface area contributed by atoms with E-state index in [4.69, 9.17) is 5.73 Å². The van der Waals surface area contributed by atoms with Gasteiger partial charge in [-0.2, -0.15) is 0 Å². The van der Waals surface area contributed by atoms with Crippen LogP contribution in [0.4, 0.5) is 0 Å². The first-order valence-electron chi connectivity index (χ1n) is 9.24.